The van der Waals surface area contributed by atoms with Crippen LogP contribution in [-0.2, 0) is 16.1 Å². The molecule has 1 aromatic carbocycles. The molecule has 0 aliphatic carbocycles. The molecule has 7 heteroatoms. The maximum atomic E-state index is 12.2. The summed E-state index contributed by atoms with van der Waals surface area (Å²) in [5, 5.41) is 5.29. The zero-order chi connectivity index (χ0) is 17.4. The second kappa shape index (κ2) is 8.77. The van der Waals surface area contributed by atoms with E-state index in [0.29, 0.717) is 5.56 Å². The Kier molecular flexibility index (Phi) is 7.05. The smallest absolute Gasteiger partial charge is 0.407 e. The molecule has 0 saturated carbocycles. The van der Waals surface area contributed by atoms with Crippen LogP contribution in [0.25, 0.3) is 0 Å². The number of carbonyl (C=O) groups is 3. The molecule has 4 N–H and O–H groups in total. The lowest BCUT2D eigenvalue weighted by Gasteiger charge is -2.21. The van der Waals surface area contributed by atoms with Crippen LogP contribution < -0.4 is 16.4 Å². The predicted molar refractivity (Wildman–Crippen MR) is 85.6 cm³/mol. The largest absolute Gasteiger partial charge is 0.450 e. The van der Waals surface area contributed by atoms with Gasteiger partial charge in [-0.2, -0.15) is 0 Å². The summed E-state index contributed by atoms with van der Waals surface area (Å²) in [6.45, 7) is 5.88. The summed E-state index contributed by atoms with van der Waals surface area (Å²) in [4.78, 5) is 34.7. The van der Waals surface area contributed by atoms with Gasteiger partial charge in [-0.25, -0.2) is 4.79 Å². The fourth-order valence-electron chi connectivity index (χ4n) is 1.92. The first-order chi connectivity index (χ1) is 10.8. The van der Waals surface area contributed by atoms with E-state index in [9.17, 15) is 14.4 Å². The maximum absolute atomic E-state index is 12.2. The highest BCUT2D eigenvalue weighted by atomic mass is 16.5. The van der Waals surface area contributed by atoms with Crippen molar-refractivity contribution in [2.24, 2.45) is 11.7 Å². The van der Waals surface area contributed by atoms with E-state index in [4.69, 9.17) is 10.5 Å². The number of rotatable bonds is 7. The van der Waals surface area contributed by atoms with Gasteiger partial charge in [0.15, 0.2) is 0 Å². The monoisotopic (exact) mass is 321 g/mol. The van der Waals surface area contributed by atoms with Gasteiger partial charge in [0.1, 0.15) is 6.04 Å². The van der Waals surface area contributed by atoms with E-state index in [1.54, 1.807) is 31.2 Å². The molecule has 126 valence electrons. The quantitative estimate of drug-likeness (QED) is 0.700. The predicted octanol–water partition coefficient (Wildman–Crippen LogP) is 1.17. The van der Waals surface area contributed by atoms with Crippen LogP contribution in [0.4, 0.5) is 4.79 Å². The normalized spacial score (nSPS) is 11.7. The highest BCUT2D eigenvalue weighted by Crippen LogP contribution is 2.06. The van der Waals surface area contributed by atoms with Crippen LogP contribution in [0.5, 0.6) is 0 Å². The summed E-state index contributed by atoms with van der Waals surface area (Å²) in [7, 11) is 0. The highest BCUT2D eigenvalue weighted by Gasteiger charge is 2.24. The van der Waals surface area contributed by atoms with Gasteiger partial charge in [0, 0.05) is 12.1 Å². The van der Waals surface area contributed by atoms with Gasteiger partial charge in [-0.15, -0.1) is 0 Å². The van der Waals surface area contributed by atoms with Crippen molar-refractivity contribution >= 4 is 17.9 Å². The number of primary amides is 1. The molecule has 0 saturated heterocycles. The lowest BCUT2D eigenvalue weighted by atomic mass is 10.0. The number of hydrogen-bond donors (Lipinski definition) is 3. The second-order valence-electron chi connectivity index (χ2n) is 5.37. The fraction of sp³-hybridized carbons (Fsp3) is 0.438. The summed E-state index contributed by atoms with van der Waals surface area (Å²) < 4.78 is 4.80. The van der Waals surface area contributed by atoms with Crippen molar-refractivity contribution in [3.8, 4) is 0 Å². The lowest BCUT2D eigenvalue weighted by molar-refractivity contribution is -0.124. The Morgan fingerprint density at radius 2 is 1.78 bits per heavy atom. The number of alkyl carbamates (subject to hydrolysis) is 1. The lowest BCUT2D eigenvalue weighted by Crippen LogP contribution is -2.49. The second-order valence-corrected chi connectivity index (χ2v) is 5.37. The molecule has 3 amide bonds. The minimum absolute atomic E-state index is 0.0864. The Bertz CT molecular complexity index is 555. The number of nitrogens with two attached hydrogens (primary N) is 1. The van der Waals surface area contributed by atoms with Crippen LogP contribution in [0, 0.1) is 5.92 Å². The molecule has 1 atom stereocenters. The standard InChI is InChI=1S/C16H23N3O4/c1-4-23-16(22)19-13(10(2)3)15(21)18-9-11-5-7-12(8-6-11)14(17)20/h5-8,10,13H,4,9H2,1-3H3,(H2,17,20)(H,18,21)(H,19,22)/t13-/m0/s1. The molecule has 0 fully saturated rings. The first kappa shape index (κ1) is 18.5. The van der Waals surface area contributed by atoms with Crippen LogP contribution in [0.1, 0.15) is 36.7 Å². The molecule has 0 aliphatic rings. The third kappa shape index (κ3) is 5.98. The first-order valence-electron chi connectivity index (χ1n) is 7.44. The molecule has 0 unspecified atom stereocenters. The molecular weight excluding hydrogens is 298 g/mol. The zero-order valence-electron chi connectivity index (χ0n) is 13.6. The molecular formula is C16H23N3O4. The van der Waals surface area contributed by atoms with Gasteiger partial charge in [-0.05, 0) is 30.5 Å². The van der Waals surface area contributed by atoms with Crippen molar-refractivity contribution in [2.75, 3.05) is 6.61 Å². The summed E-state index contributed by atoms with van der Waals surface area (Å²) >= 11 is 0. The van der Waals surface area contributed by atoms with Gasteiger partial charge < -0.3 is 21.1 Å². The number of ether oxygens (including phenoxy) is 1. The SMILES string of the molecule is CCOC(=O)N[C@H](C(=O)NCc1ccc(C(N)=O)cc1)C(C)C. The van der Waals surface area contributed by atoms with Crippen LogP contribution in [0.3, 0.4) is 0 Å². The number of hydrogen-bond acceptors (Lipinski definition) is 4. The van der Waals surface area contributed by atoms with E-state index in [1.165, 1.54) is 0 Å². The number of amides is 3. The van der Waals surface area contributed by atoms with Gasteiger partial charge in [0.2, 0.25) is 11.8 Å². The molecule has 0 bridgehead atoms. The van der Waals surface area contributed by atoms with E-state index < -0.39 is 18.0 Å². The third-order valence-electron chi connectivity index (χ3n) is 3.20. The van der Waals surface area contributed by atoms with Gasteiger partial charge in [0.25, 0.3) is 0 Å². The summed E-state index contributed by atoms with van der Waals surface area (Å²) in [5.74, 6) is -0.886. The number of carbonyl (C=O) groups excluding carboxylic acids is 3. The molecule has 0 spiro atoms. The first-order valence-corrected chi connectivity index (χ1v) is 7.44. The van der Waals surface area contributed by atoms with Crippen molar-refractivity contribution in [3.05, 3.63) is 35.4 Å². The molecule has 7 nitrogen and oxygen atoms in total. The van der Waals surface area contributed by atoms with Crippen molar-refractivity contribution in [1.82, 2.24) is 10.6 Å². The Balaban J connectivity index is 2.61. The Morgan fingerprint density at radius 1 is 1.17 bits per heavy atom. The number of nitrogens with one attached hydrogen (secondary N) is 2. The maximum Gasteiger partial charge on any atom is 0.407 e. The Hall–Kier alpha value is -2.57. The molecule has 0 aromatic heterocycles. The topological polar surface area (TPSA) is 111 Å². The number of benzene rings is 1. The van der Waals surface area contributed by atoms with Crippen molar-refractivity contribution in [3.63, 3.8) is 0 Å². The highest BCUT2D eigenvalue weighted by molar-refractivity contribution is 5.92. The van der Waals surface area contributed by atoms with Crippen molar-refractivity contribution in [1.29, 1.82) is 0 Å². The minimum Gasteiger partial charge on any atom is -0.450 e. The molecule has 0 radical (unpaired) electrons. The van der Waals surface area contributed by atoms with E-state index in [1.807, 2.05) is 13.8 Å². The van der Waals surface area contributed by atoms with E-state index in [-0.39, 0.29) is 25.0 Å². The summed E-state index contributed by atoms with van der Waals surface area (Å²) in [5.41, 5.74) is 6.40. The van der Waals surface area contributed by atoms with E-state index in [2.05, 4.69) is 10.6 Å². The van der Waals surface area contributed by atoms with E-state index >= 15 is 0 Å². The van der Waals surface area contributed by atoms with Crippen LogP contribution in [0.2, 0.25) is 0 Å². The van der Waals surface area contributed by atoms with Gasteiger partial charge >= 0.3 is 6.09 Å². The average molecular weight is 321 g/mol. The van der Waals surface area contributed by atoms with Gasteiger partial charge in [-0.1, -0.05) is 26.0 Å². The third-order valence-corrected chi connectivity index (χ3v) is 3.20. The average Bonchev–Trinajstić information content (AvgIpc) is 2.50. The van der Waals surface area contributed by atoms with Crippen molar-refractivity contribution in [2.45, 2.75) is 33.4 Å². The van der Waals surface area contributed by atoms with E-state index in [0.717, 1.165) is 5.56 Å². The summed E-state index contributed by atoms with van der Waals surface area (Å²) in [6, 6.07) is 5.94. The van der Waals surface area contributed by atoms with Crippen LogP contribution in [-0.4, -0.2) is 30.6 Å². The fourth-order valence-corrected chi connectivity index (χ4v) is 1.92. The summed E-state index contributed by atoms with van der Waals surface area (Å²) in [6.07, 6.45) is -0.618. The molecule has 1 rings (SSSR count). The van der Waals surface area contributed by atoms with Gasteiger partial charge in [-0.3, -0.25) is 9.59 Å². The van der Waals surface area contributed by atoms with Crippen molar-refractivity contribution < 1.29 is 19.1 Å². The molecule has 23 heavy (non-hydrogen) atoms. The molecule has 0 heterocycles. The van der Waals surface area contributed by atoms with Crippen LogP contribution in [0.15, 0.2) is 24.3 Å². The molecule has 0 aliphatic heterocycles. The zero-order valence-corrected chi connectivity index (χ0v) is 13.6. The van der Waals surface area contributed by atoms with Crippen LogP contribution >= 0.6 is 0 Å². The Morgan fingerprint density at radius 3 is 2.26 bits per heavy atom. The molecule has 1 aromatic rings. The van der Waals surface area contributed by atoms with Gasteiger partial charge in [0.05, 0.1) is 6.61 Å². The Labute approximate surface area is 135 Å². The minimum atomic E-state index is -0.682.